The number of hydrogen-bond donors (Lipinski definition) is 1. The predicted molar refractivity (Wildman–Crippen MR) is 96.2 cm³/mol. The highest BCUT2D eigenvalue weighted by Crippen LogP contribution is 2.40. The van der Waals surface area contributed by atoms with E-state index in [0.29, 0.717) is 12.0 Å². The number of halogens is 1. The van der Waals surface area contributed by atoms with E-state index in [1.807, 2.05) is 0 Å². The van der Waals surface area contributed by atoms with Gasteiger partial charge in [0.05, 0.1) is 6.54 Å². The van der Waals surface area contributed by atoms with Crippen LogP contribution in [0.5, 0.6) is 0 Å². The molecule has 120 valence electrons. The third-order valence-corrected chi connectivity index (χ3v) is 5.74. The molecule has 2 aliphatic rings. The molecule has 1 aromatic carbocycles. The summed E-state index contributed by atoms with van der Waals surface area (Å²) in [5.74, 6) is 0.711. The molecule has 0 atom stereocenters. The first kappa shape index (κ1) is 15.9. The highest BCUT2D eigenvalue weighted by molar-refractivity contribution is 9.10. The zero-order valence-corrected chi connectivity index (χ0v) is 15.0. The van der Waals surface area contributed by atoms with Gasteiger partial charge in [0.1, 0.15) is 0 Å². The molecule has 3 nitrogen and oxygen atoms in total. The van der Waals surface area contributed by atoms with Crippen LogP contribution < -0.4 is 5.73 Å². The van der Waals surface area contributed by atoms with Gasteiger partial charge < -0.3 is 10.6 Å². The predicted octanol–water partition coefficient (Wildman–Crippen LogP) is 4.06. The average Bonchev–Trinajstić information content (AvgIpc) is 3.38. The Bertz CT molecular complexity index is 545. The number of aliphatic imine (C=N–C) groups is 1. The summed E-state index contributed by atoms with van der Waals surface area (Å²) in [6.07, 6.45) is 8.87. The second-order valence-corrected chi connectivity index (χ2v) is 7.78. The number of hydrogen-bond acceptors (Lipinski definition) is 1. The van der Waals surface area contributed by atoms with Crippen LogP contribution >= 0.6 is 15.9 Å². The molecule has 0 aromatic heterocycles. The maximum Gasteiger partial charge on any atom is 0.191 e. The summed E-state index contributed by atoms with van der Waals surface area (Å²) in [5.41, 5.74) is 7.78. The van der Waals surface area contributed by atoms with Crippen LogP contribution in [-0.2, 0) is 5.41 Å². The molecule has 0 spiro atoms. The second-order valence-electron chi connectivity index (χ2n) is 6.87. The number of nitrogens with two attached hydrogens (primary N) is 1. The topological polar surface area (TPSA) is 41.6 Å². The lowest BCUT2D eigenvalue weighted by Crippen LogP contribution is -2.38. The minimum Gasteiger partial charge on any atom is -0.370 e. The van der Waals surface area contributed by atoms with Crippen molar-refractivity contribution < 1.29 is 0 Å². The average molecular weight is 364 g/mol. The van der Waals surface area contributed by atoms with Gasteiger partial charge in [-0.05, 0) is 43.4 Å². The molecule has 0 radical (unpaired) electrons. The van der Waals surface area contributed by atoms with Gasteiger partial charge in [-0.25, -0.2) is 0 Å². The van der Waals surface area contributed by atoms with Gasteiger partial charge in [0.25, 0.3) is 0 Å². The second kappa shape index (κ2) is 6.61. The van der Waals surface area contributed by atoms with E-state index < -0.39 is 0 Å². The summed E-state index contributed by atoms with van der Waals surface area (Å²) in [5, 5.41) is 0. The molecular weight excluding hydrogens is 338 g/mol. The van der Waals surface area contributed by atoms with Crippen LogP contribution in [0.1, 0.15) is 50.5 Å². The van der Waals surface area contributed by atoms with E-state index in [-0.39, 0.29) is 5.41 Å². The Morgan fingerprint density at radius 2 is 2.05 bits per heavy atom. The van der Waals surface area contributed by atoms with Gasteiger partial charge in [-0.2, -0.15) is 0 Å². The van der Waals surface area contributed by atoms with Crippen molar-refractivity contribution in [3.05, 3.63) is 34.3 Å². The molecule has 0 bridgehead atoms. The highest BCUT2D eigenvalue weighted by Gasteiger charge is 2.34. The van der Waals surface area contributed by atoms with Crippen molar-refractivity contribution in [3.8, 4) is 0 Å². The zero-order valence-electron chi connectivity index (χ0n) is 13.4. The number of nitrogens with zero attached hydrogens (tertiary/aromatic N) is 2. The van der Waals surface area contributed by atoms with E-state index >= 15 is 0 Å². The van der Waals surface area contributed by atoms with Gasteiger partial charge in [0.2, 0.25) is 0 Å². The summed E-state index contributed by atoms with van der Waals surface area (Å²) in [6.45, 7) is 0.812. The van der Waals surface area contributed by atoms with Crippen molar-refractivity contribution in [1.29, 1.82) is 0 Å². The van der Waals surface area contributed by atoms with Crippen molar-refractivity contribution >= 4 is 21.9 Å². The summed E-state index contributed by atoms with van der Waals surface area (Å²) in [6, 6.07) is 9.38. The summed E-state index contributed by atoms with van der Waals surface area (Å²) in [7, 11) is 2.07. The molecule has 4 heteroatoms. The normalized spacial score (nSPS) is 21.6. The minimum atomic E-state index is 0.164. The molecule has 2 aliphatic carbocycles. The highest BCUT2D eigenvalue weighted by atomic mass is 79.9. The van der Waals surface area contributed by atoms with E-state index in [1.165, 1.54) is 50.5 Å². The van der Waals surface area contributed by atoms with Crippen LogP contribution in [0, 0.1) is 0 Å². The van der Waals surface area contributed by atoms with E-state index in [9.17, 15) is 0 Å². The Balaban J connectivity index is 1.81. The molecule has 3 rings (SSSR count). The van der Waals surface area contributed by atoms with Gasteiger partial charge in [-0.1, -0.05) is 47.3 Å². The smallest absolute Gasteiger partial charge is 0.191 e. The zero-order chi connectivity index (χ0) is 15.6. The van der Waals surface area contributed by atoms with Gasteiger partial charge in [0, 0.05) is 23.0 Å². The first-order valence-electron chi connectivity index (χ1n) is 8.40. The Labute approximate surface area is 142 Å². The molecule has 0 amide bonds. The van der Waals surface area contributed by atoms with Gasteiger partial charge >= 0.3 is 0 Å². The fourth-order valence-electron chi connectivity index (χ4n) is 3.58. The minimum absolute atomic E-state index is 0.164. The summed E-state index contributed by atoms with van der Waals surface area (Å²) < 4.78 is 1.15. The molecule has 2 fully saturated rings. The lowest BCUT2D eigenvalue weighted by molar-refractivity contribution is 0.300. The van der Waals surface area contributed by atoms with E-state index in [2.05, 4.69) is 52.1 Å². The molecule has 0 saturated heterocycles. The number of rotatable bonds is 4. The van der Waals surface area contributed by atoms with Gasteiger partial charge in [0.15, 0.2) is 5.96 Å². The first-order valence-corrected chi connectivity index (χ1v) is 9.19. The monoisotopic (exact) mass is 363 g/mol. The van der Waals surface area contributed by atoms with Crippen LogP contribution in [0.2, 0.25) is 0 Å². The van der Waals surface area contributed by atoms with Crippen LogP contribution in [0.4, 0.5) is 0 Å². The third kappa shape index (κ3) is 3.48. The van der Waals surface area contributed by atoms with E-state index in [0.717, 1.165) is 11.0 Å². The first-order chi connectivity index (χ1) is 10.6. The van der Waals surface area contributed by atoms with E-state index in [4.69, 9.17) is 10.7 Å². The van der Waals surface area contributed by atoms with Crippen molar-refractivity contribution in [2.24, 2.45) is 10.7 Å². The number of guanidine groups is 1. The molecule has 2 N–H and O–H groups in total. The van der Waals surface area contributed by atoms with Crippen molar-refractivity contribution in [2.75, 3.05) is 13.6 Å². The molecule has 0 heterocycles. The third-order valence-electron chi connectivity index (χ3n) is 5.25. The quantitative estimate of drug-likeness (QED) is 0.647. The Kier molecular flexibility index (Phi) is 4.76. The van der Waals surface area contributed by atoms with Crippen molar-refractivity contribution in [2.45, 2.75) is 56.4 Å². The fraction of sp³-hybridized carbons (Fsp3) is 0.611. The van der Waals surface area contributed by atoms with Gasteiger partial charge in [-0.15, -0.1) is 0 Å². The molecule has 1 aromatic rings. The van der Waals surface area contributed by atoms with E-state index in [1.54, 1.807) is 0 Å². The molecule has 0 aliphatic heterocycles. The molecule has 0 unspecified atom stereocenters. The summed E-state index contributed by atoms with van der Waals surface area (Å²) >= 11 is 3.61. The lowest BCUT2D eigenvalue weighted by atomic mass is 9.69. The maximum atomic E-state index is 6.21. The maximum absolute atomic E-state index is 6.21. The molecule has 2 saturated carbocycles. The Morgan fingerprint density at radius 3 is 2.68 bits per heavy atom. The Morgan fingerprint density at radius 1 is 1.32 bits per heavy atom. The molecular formula is C18H26BrN3. The van der Waals surface area contributed by atoms with Crippen LogP contribution in [0.3, 0.4) is 0 Å². The summed E-state index contributed by atoms with van der Waals surface area (Å²) in [4.78, 5) is 6.94. The standard InChI is InChI=1S/C18H26BrN3/c1-22(16-8-9-16)17(20)21-13-18(10-3-2-4-11-18)14-6-5-7-15(19)12-14/h5-7,12,16H,2-4,8-11,13H2,1H3,(H2,20,21). The van der Waals surface area contributed by atoms with Gasteiger partial charge in [-0.3, -0.25) is 4.99 Å². The van der Waals surface area contributed by atoms with Crippen molar-refractivity contribution in [3.63, 3.8) is 0 Å². The van der Waals surface area contributed by atoms with Crippen LogP contribution in [0.15, 0.2) is 33.7 Å². The van der Waals surface area contributed by atoms with Crippen LogP contribution in [-0.4, -0.2) is 30.5 Å². The van der Waals surface area contributed by atoms with Crippen LogP contribution in [0.25, 0.3) is 0 Å². The largest absolute Gasteiger partial charge is 0.370 e. The SMILES string of the molecule is CN(C(N)=NCC1(c2cccc(Br)c2)CCCCC1)C1CC1. The lowest BCUT2D eigenvalue weighted by Gasteiger charge is -2.37. The fourth-order valence-corrected chi connectivity index (χ4v) is 3.98. The molecule has 22 heavy (non-hydrogen) atoms. The van der Waals surface area contributed by atoms with Crippen molar-refractivity contribution in [1.82, 2.24) is 4.90 Å². The Hall–Kier alpha value is -1.03. The number of benzene rings is 1.